The van der Waals surface area contributed by atoms with Crippen molar-refractivity contribution in [2.75, 3.05) is 0 Å². The summed E-state index contributed by atoms with van der Waals surface area (Å²) in [5.74, 6) is -0.345. The second kappa shape index (κ2) is 7.15. The summed E-state index contributed by atoms with van der Waals surface area (Å²) in [6, 6.07) is 16.5. The molecule has 120 valence electrons. The van der Waals surface area contributed by atoms with E-state index in [2.05, 4.69) is 9.97 Å². The minimum absolute atomic E-state index is 0.00418. The lowest BCUT2D eigenvalue weighted by atomic mass is 9.89. The van der Waals surface area contributed by atoms with E-state index >= 15 is 0 Å². The van der Waals surface area contributed by atoms with Crippen LogP contribution in [0.3, 0.4) is 0 Å². The summed E-state index contributed by atoms with van der Waals surface area (Å²) in [5.41, 5.74) is 3.61. The first kappa shape index (κ1) is 16.0. The number of aliphatic hydroxyl groups excluding tert-OH is 1. The fourth-order valence-electron chi connectivity index (χ4n) is 2.73. The van der Waals surface area contributed by atoms with Gasteiger partial charge in [0.25, 0.3) is 0 Å². The maximum Gasteiger partial charge on any atom is 0.170 e. The SMILES string of the molecule is C[C@@H](C(=O)c1ccnc(-c2ccccn2)c1)c1ccccc1CO. The Hall–Kier alpha value is -2.85. The first-order chi connectivity index (χ1) is 11.7. The Labute approximate surface area is 140 Å². The zero-order valence-electron chi connectivity index (χ0n) is 13.4. The largest absolute Gasteiger partial charge is 0.392 e. The molecule has 0 aliphatic rings. The molecule has 2 heterocycles. The number of ketones is 1. The molecule has 0 spiro atoms. The number of pyridine rings is 2. The molecule has 3 rings (SSSR count). The van der Waals surface area contributed by atoms with Gasteiger partial charge in [-0.2, -0.15) is 0 Å². The minimum atomic E-state index is -0.340. The second-order valence-electron chi connectivity index (χ2n) is 5.59. The predicted molar refractivity (Wildman–Crippen MR) is 92.6 cm³/mol. The van der Waals surface area contributed by atoms with Crippen molar-refractivity contribution in [3.05, 3.63) is 83.7 Å². The van der Waals surface area contributed by atoms with Gasteiger partial charge in [0.15, 0.2) is 5.78 Å². The van der Waals surface area contributed by atoms with Crippen LogP contribution in [0.15, 0.2) is 67.0 Å². The lowest BCUT2D eigenvalue weighted by Gasteiger charge is -2.15. The molecule has 0 saturated heterocycles. The predicted octanol–water partition coefficient (Wildman–Crippen LogP) is 3.62. The van der Waals surface area contributed by atoms with E-state index in [9.17, 15) is 9.90 Å². The summed E-state index contributed by atoms with van der Waals surface area (Å²) < 4.78 is 0. The number of hydrogen-bond acceptors (Lipinski definition) is 4. The molecule has 1 N–H and O–H groups in total. The van der Waals surface area contributed by atoms with Crippen molar-refractivity contribution in [3.63, 3.8) is 0 Å². The van der Waals surface area contributed by atoms with Gasteiger partial charge in [0.2, 0.25) is 0 Å². The molecule has 0 amide bonds. The molecule has 24 heavy (non-hydrogen) atoms. The summed E-state index contributed by atoms with van der Waals surface area (Å²) in [7, 11) is 0. The minimum Gasteiger partial charge on any atom is -0.392 e. The van der Waals surface area contributed by atoms with E-state index in [1.54, 1.807) is 24.5 Å². The van der Waals surface area contributed by atoms with E-state index < -0.39 is 0 Å². The van der Waals surface area contributed by atoms with Gasteiger partial charge in [0, 0.05) is 23.9 Å². The highest BCUT2D eigenvalue weighted by Gasteiger charge is 2.20. The van der Waals surface area contributed by atoms with E-state index in [0.717, 1.165) is 16.8 Å². The van der Waals surface area contributed by atoms with E-state index in [1.807, 2.05) is 49.4 Å². The molecule has 0 aliphatic heterocycles. The van der Waals surface area contributed by atoms with Crippen LogP contribution in [0.5, 0.6) is 0 Å². The number of hydrogen-bond donors (Lipinski definition) is 1. The van der Waals surface area contributed by atoms with Gasteiger partial charge in [0.1, 0.15) is 0 Å². The van der Waals surface area contributed by atoms with Crippen LogP contribution in [0.4, 0.5) is 0 Å². The molecular formula is C20H18N2O2. The van der Waals surface area contributed by atoms with Gasteiger partial charge < -0.3 is 5.11 Å². The lowest BCUT2D eigenvalue weighted by Crippen LogP contribution is -2.12. The number of rotatable bonds is 5. The molecule has 0 saturated carbocycles. The maximum atomic E-state index is 12.9. The standard InChI is InChI=1S/C20H18N2O2/c1-14(17-7-3-2-6-16(17)13-23)20(24)15-9-11-22-19(12-15)18-8-4-5-10-21-18/h2-12,14,23H,13H2,1H3/t14-/m1/s1. The van der Waals surface area contributed by atoms with Crippen molar-refractivity contribution in [1.29, 1.82) is 0 Å². The monoisotopic (exact) mass is 318 g/mol. The number of carbonyl (C=O) groups is 1. The zero-order valence-corrected chi connectivity index (χ0v) is 13.4. The fourth-order valence-corrected chi connectivity index (χ4v) is 2.73. The molecule has 0 unspecified atom stereocenters. The molecule has 2 aromatic heterocycles. The summed E-state index contributed by atoms with van der Waals surface area (Å²) in [5, 5.41) is 9.48. The summed E-state index contributed by atoms with van der Waals surface area (Å²) in [6.45, 7) is 1.78. The van der Waals surface area contributed by atoms with Gasteiger partial charge in [-0.15, -0.1) is 0 Å². The Bertz CT molecular complexity index is 847. The molecular weight excluding hydrogens is 300 g/mol. The third kappa shape index (κ3) is 3.24. The van der Waals surface area contributed by atoms with Crippen LogP contribution >= 0.6 is 0 Å². The highest BCUT2D eigenvalue weighted by molar-refractivity contribution is 6.01. The molecule has 0 aliphatic carbocycles. The van der Waals surface area contributed by atoms with Gasteiger partial charge in [-0.1, -0.05) is 37.3 Å². The first-order valence-corrected chi connectivity index (χ1v) is 7.81. The molecule has 3 aromatic rings. The first-order valence-electron chi connectivity index (χ1n) is 7.81. The topological polar surface area (TPSA) is 63.1 Å². The van der Waals surface area contributed by atoms with Crippen LogP contribution in [-0.2, 0) is 6.61 Å². The highest BCUT2D eigenvalue weighted by atomic mass is 16.3. The summed E-state index contributed by atoms with van der Waals surface area (Å²) >= 11 is 0. The third-order valence-corrected chi connectivity index (χ3v) is 4.06. The average Bonchev–Trinajstić information content (AvgIpc) is 2.67. The molecule has 4 heteroatoms. The maximum absolute atomic E-state index is 12.9. The Morgan fingerprint density at radius 1 is 1.00 bits per heavy atom. The van der Waals surface area contributed by atoms with Crippen LogP contribution in [0.2, 0.25) is 0 Å². The summed E-state index contributed by atoms with van der Waals surface area (Å²) in [6.07, 6.45) is 3.33. The van der Waals surface area contributed by atoms with Crippen molar-refractivity contribution in [3.8, 4) is 11.4 Å². The normalized spacial score (nSPS) is 11.9. The smallest absolute Gasteiger partial charge is 0.170 e. The lowest BCUT2D eigenvalue weighted by molar-refractivity contribution is 0.0965. The average molecular weight is 318 g/mol. The zero-order chi connectivity index (χ0) is 16.9. The highest BCUT2D eigenvalue weighted by Crippen LogP contribution is 2.25. The Kier molecular flexibility index (Phi) is 4.77. The van der Waals surface area contributed by atoms with Crippen molar-refractivity contribution >= 4 is 5.78 Å². The van der Waals surface area contributed by atoms with Gasteiger partial charge in [-0.3, -0.25) is 14.8 Å². The number of aliphatic hydroxyl groups is 1. The molecule has 0 fully saturated rings. The van der Waals surface area contributed by atoms with Gasteiger partial charge in [0.05, 0.1) is 18.0 Å². The van der Waals surface area contributed by atoms with Crippen LogP contribution in [0.25, 0.3) is 11.4 Å². The molecule has 1 aromatic carbocycles. The van der Waals surface area contributed by atoms with E-state index in [4.69, 9.17) is 0 Å². The van der Waals surface area contributed by atoms with E-state index in [1.165, 1.54) is 0 Å². The van der Waals surface area contributed by atoms with Crippen molar-refractivity contribution in [2.45, 2.75) is 19.4 Å². The van der Waals surface area contributed by atoms with E-state index in [-0.39, 0.29) is 18.3 Å². The van der Waals surface area contributed by atoms with Gasteiger partial charge >= 0.3 is 0 Å². The number of Topliss-reactive ketones (excluding diaryl/α,β-unsaturated/α-hetero) is 1. The quantitative estimate of drug-likeness (QED) is 0.730. The number of nitrogens with zero attached hydrogens (tertiary/aromatic N) is 2. The molecule has 1 atom stereocenters. The third-order valence-electron chi connectivity index (χ3n) is 4.06. The number of aromatic nitrogens is 2. The molecule has 0 radical (unpaired) electrons. The Morgan fingerprint density at radius 3 is 2.50 bits per heavy atom. The van der Waals surface area contributed by atoms with Crippen molar-refractivity contribution in [1.82, 2.24) is 9.97 Å². The molecule has 4 nitrogen and oxygen atoms in total. The van der Waals surface area contributed by atoms with Crippen LogP contribution in [0, 0.1) is 0 Å². The van der Waals surface area contributed by atoms with Crippen LogP contribution < -0.4 is 0 Å². The van der Waals surface area contributed by atoms with Gasteiger partial charge in [-0.05, 0) is 35.4 Å². The number of benzene rings is 1. The Morgan fingerprint density at radius 2 is 1.75 bits per heavy atom. The summed E-state index contributed by atoms with van der Waals surface area (Å²) in [4.78, 5) is 21.4. The van der Waals surface area contributed by atoms with Crippen molar-refractivity contribution < 1.29 is 9.90 Å². The van der Waals surface area contributed by atoms with Gasteiger partial charge in [-0.25, -0.2) is 0 Å². The molecule has 0 bridgehead atoms. The van der Waals surface area contributed by atoms with Crippen LogP contribution in [-0.4, -0.2) is 20.9 Å². The number of carbonyl (C=O) groups excluding carboxylic acids is 1. The fraction of sp³-hybridized carbons (Fsp3) is 0.150. The Balaban J connectivity index is 1.93. The van der Waals surface area contributed by atoms with Crippen LogP contribution in [0.1, 0.15) is 34.3 Å². The second-order valence-corrected chi connectivity index (χ2v) is 5.59. The van der Waals surface area contributed by atoms with E-state index in [0.29, 0.717) is 11.3 Å². The van der Waals surface area contributed by atoms with Crippen molar-refractivity contribution in [2.24, 2.45) is 0 Å².